The number of carbonyl (C=O) groups is 2. The van der Waals surface area contributed by atoms with E-state index in [1.54, 1.807) is 30.6 Å². The average Bonchev–Trinajstić information content (AvgIpc) is 2.86. The molecule has 6 nitrogen and oxygen atoms in total. The van der Waals surface area contributed by atoms with Gasteiger partial charge in [0.05, 0.1) is 23.3 Å². The fourth-order valence-electron chi connectivity index (χ4n) is 3.55. The maximum Gasteiger partial charge on any atom is 0.255 e. The molecule has 2 heterocycles. The number of rotatable bonds is 7. The second-order valence-electron chi connectivity index (χ2n) is 7.53. The van der Waals surface area contributed by atoms with Crippen LogP contribution in [0.1, 0.15) is 22.8 Å². The minimum absolute atomic E-state index is 0.0855. The van der Waals surface area contributed by atoms with Crippen LogP contribution in [0.3, 0.4) is 0 Å². The van der Waals surface area contributed by atoms with Gasteiger partial charge in [0.2, 0.25) is 5.91 Å². The summed E-state index contributed by atoms with van der Waals surface area (Å²) in [6.45, 7) is 2.37. The molecule has 2 aromatic heterocycles. The third kappa shape index (κ3) is 5.20. The van der Waals surface area contributed by atoms with E-state index >= 15 is 0 Å². The molecule has 0 fully saturated rings. The lowest BCUT2D eigenvalue weighted by Crippen LogP contribution is -2.40. The molecule has 0 atom stereocenters. The van der Waals surface area contributed by atoms with Crippen molar-refractivity contribution in [1.29, 1.82) is 0 Å². The number of aromatic nitrogens is 2. The smallest absolute Gasteiger partial charge is 0.255 e. The summed E-state index contributed by atoms with van der Waals surface area (Å²) < 4.78 is 13.1. The van der Waals surface area contributed by atoms with Gasteiger partial charge in [0, 0.05) is 36.4 Å². The highest BCUT2D eigenvalue weighted by Gasteiger charge is 2.21. The number of fused-ring (bicyclic) bond motifs is 1. The fourth-order valence-corrected chi connectivity index (χ4v) is 3.55. The summed E-state index contributed by atoms with van der Waals surface area (Å²) in [6.07, 6.45) is 3.36. The molecule has 0 saturated carbocycles. The molecule has 0 unspecified atom stereocenters. The van der Waals surface area contributed by atoms with E-state index in [0.717, 1.165) is 16.5 Å². The van der Waals surface area contributed by atoms with Crippen molar-refractivity contribution in [2.75, 3.05) is 13.1 Å². The first kappa shape index (κ1) is 22.1. The lowest BCUT2D eigenvalue weighted by molar-refractivity contribution is -0.121. The molecule has 7 heteroatoms. The SMILES string of the molecule is CCN(CC(=O)NCc1ccc(F)cc1)C(=O)c1cc(-c2ccncc2)nc2ccccc12. The number of benzene rings is 2. The Kier molecular flexibility index (Phi) is 6.69. The van der Waals surface area contributed by atoms with E-state index in [1.165, 1.54) is 17.0 Å². The number of halogens is 1. The molecule has 1 N–H and O–H groups in total. The monoisotopic (exact) mass is 442 g/mol. The molecule has 0 spiro atoms. The molecule has 0 aliphatic heterocycles. The van der Waals surface area contributed by atoms with Gasteiger partial charge in [0.25, 0.3) is 5.91 Å². The molecule has 0 radical (unpaired) electrons. The van der Waals surface area contributed by atoms with Crippen LogP contribution in [0.2, 0.25) is 0 Å². The molecule has 4 rings (SSSR count). The normalized spacial score (nSPS) is 10.7. The molecule has 0 saturated heterocycles. The van der Waals surface area contributed by atoms with Crippen LogP contribution in [0.5, 0.6) is 0 Å². The highest BCUT2D eigenvalue weighted by Crippen LogP contribution is 2.25. The molecule has 4 aromatic rings. The zero-order valence-corrected chi connectivity index (χ0v) is 18.2. The number of nitrogens with one attached hydrogen (secondary N) is 1. The van der Waals surface area contributed by atoms with E-state index in [4.69, 9.17) is 4.98 Å². The molecule has 0 aliphatic rings. The summed E-state index contributed by atoms with van der Waals surface area (Å²) in [5.41, 5.74) is 3.48. The molecule has 2 amide bonds. The van der Waals surface area contributed by atoms with Gasteiger partial charge < -0.3 is 10.2 Å². The van der Waals surface area contributed by atoms with Gasteiger partial charge in [-0.15, -0.1) is 0 Å². The minimum atomic E-state index is -0.330. The summed E-state index contributed by atoms with van der Waals surface area (Å²) in [7, 11) is 0. The standard InChI is InChI=1S/C26H23FN4O2/c1-2-31(17-25(32)29-16-18-7-9-20(27)10-8-18)26(33)22-15-24(19-11-13-28-14-12-19)30-23-6-4-3-5-21(22)23/h3-15H,2,16-17H2,1H3,(H,29,32). The molecule has 2 aromatic carbocycles. The highest BCUT2D eigenvalue weighted by molar-refractivity contribution is 6.08. The number of nitrogens with zero attached hydrogens (tertiary/aromatic N) is 3. The predicted molar refractivity (Wildman–Crippen MR) is 125 cm³/mol. The van der Waals surface area contributed by atoms with E-state index in [1.807, 2.05) is 43.3 Å². The van der Waals surface area contributed by atoms with Crippen molar-refractivity contribution in [1.82, 2.24) is 20.2 Å². The van der Waals surface area contributed by atoms with E-state index in [0.29, 0.717) is 23.3 Å². The Labute approximate surface area is 191 Å². The van der Waals surface area contributed by atoms with Crippen molar-refractivity contribution in [2.24, 2.45) is 0 Å². The van der Waals surface area contributed by atoms with Gasteiger partial charge in [0.15, 0.2) is 0 Å². The number of carbonyl (C=O) groups excluding carboxylic acids is 2. The number of amides is 2. The Morgan fingerprint density at radius 3 is 2.45 bits per heavy atom. The maximum atomic E-state index is 13.5. The quantitative estimate of drug-likeness (QED) is 0.465. The minimum Gasteiger partial charge on any atom is -0.350 e. The van der Waals surface area contributed by atoms with Crippen molar-refractivity contribution in [3.63, 3.8) is 0 Å². The Bertz CT molecular complexity index is 1280. The van der Waals surface area contributed by atoms with Gasteiger partial charge in [0.1, 0.15) is 5.82 Å². The third-order valence-electron chi connectivity index (χ3n) is 5.33. The molecule has 0 aliphatic carbocycles. The molecule has 0 bridgehead atoms. The van der Waals surface area contributed by atoms with Crippen molar-refractivity contribution < 1.29 is 14.0 Å². The summed E-state index contributed by atoms with van der Waals surface area (Å²) >= 11 is 0. The van der Waals surface area contributed by atoms with Crippen LogP contribution in [-0.2, 0) is 11.3 Å². The molecule has 33 heavy (non-hydrogen) atoms. The Morgan fingerprint density at radius 1 is 1.00 bits per heavy atom. The summed E-state index contributed by atoms with van der Waals surface area (Å²) in [4.78, 5) is 36.3. The molecular weight excluding hydrogens is 419 g/mol. The highest BCUT2D eigenvalue weighted by atomic mass is 19.1. The van der Waals surface area contributed by atoms with Gasteiger partial charge in [-0.3, -0.25) is 14.6 Å². The van der Waals surface area contributed by atoms with Crippen LogP contribution < -0.4 is 5.32 Å². The van der Waals surface area contributed by atoms with Gasteiger partial charge in [-0.05, 0) is 48.9 Å². The van der Waals surface area contributed by atoms with Crippen molar-refractivity contribution in [2.45, 2.75) is 13.5 Å². The number of likely N-dealkylation sites (N-methyl/N-ethyl adjacent to an activating group) is 1. The Balaban J connectivity index is 1.56. The summed E-state index contributed by atoms with van der Waals surface area (Å²) in [6, 6.07) is 18.8. The predicted octanol–water partition coefficient (Wildman–Crippen LogP) is 4.21. The number of hydrogen-bond acceptors (Lipinski definition) is 4. The Hall–Kier alpha value is -4.13. The fraction of sp³-hybridized carbons (Fsp3) is 0.154. The maximum absolute atomic E-state index is 13.5. The summed E-state index contributed by atoms with van der Waals surface area (Å²) in [5.74, 6) is -0.867. The number of para-hydroxylation sites is 1. The first-order valence-corrected chi connectivity index (χ1v) is 10.7. The first-order chi connectivity index (χ1) is 16.0. The lowest BCUT2D eigenvalue weighted by Gasteiger charge is -2.21. The van der Waals surface area contributed by atoms with Crippen LogP contribution >= 0.6 is 0 Å². The van der Waals surface area contributed by atoms with Crippen molar-refractivity contribution in [3.05, 3.63) is 96.1 Å². The van der Waals surface area contributed by atoms with Crippen LogP contribution in [0.25, 0.3) is 22.2 Å². The number of hydrogen-bond donors (Lipinski definition) is 1. The van der Waals surface area contributed by atoms with E-state index in [9.17, 15) is 14.0 Å². The second kappa shape index (κ2) is 9.99. The average molecular weight is 442 g/mol. The van der Waals surface area contributed by atoms with Crippen LogP contribution in [0.4, 0.5) is 4.39 Å². The number of pyridine rings is 2. The Morgan fingerprint density at radius 2 is 1.73 bits per heavy atom. The van der Waals surface area contributed by atoms with Crippen molar-refractivity contribution >= 4 is 22.7 Å². The third-order valence-corrected chi connectivity index (χ3v) is 5.33. The van der Waals surface area contributed by atoms with Crippen LogP contribution in [0.15, 0.2) is 79.1 Å². The largest absolute Gasteiger partial charge is 0.350 e. The lowest BCUT2D eigenvalue weighted by atomic mass is 10.0. The van der Waals surface area contributed by atoms with Crippen LogP contribution in [0, 0.1) is 5.82 Å². The molecular formula is C26H23FN4O2. The van der Waals surface area contributed by atoms with Gasteiger partial charge in [-0.1, -0.05) is 30.3 Å². The topological polar surface area (TPSA) is 75.2 Å². The van der Waals surface area contributed by atoms with E-state index < -0.39 is 0 Å². The zero-order valence-electron chi connectivity index (χ0n) is 18.2. The zero-order chi connectivity index (χ0) is 23.2. The van der Waals surface area contributed by atoms with Gasteiger partial charge in [-0.25, -0.2) is 9.37 Å². The van der Waals surface area contributed by atoms with Gasteiger partial charge in [-0.2, -0.15) is 0 Å². The first-order valence-electron chi connectivity index (χ1n) is 10.7. The molecule has 166 valence electrons. The van der Waals surface area contributed by atoms with Gasteiger partial charge >= 0.3 is 0 Å². The van der Waals surface area contributed by atoms with Crippen LogP contribution in [-0.4, -0.2) is 39.8 Å². The van der Waals surface area contributed by atoms with E-state index in [2.05, 4.69) is 10.3 Å². The second-order valence-corrected chi connectivity index (χ2v) is 7.53. The van der Waals surface area contributed by atoms with Crippen molar-refractivity contribution in [3.8, 4) is 11.3 Å². The van der Waals surface area contributed by atoms with E-state index in [-0.39, 0.29) is 30.7 Å². The summed E-state index contributed by atoms with van der Waals surface area (Å²) in [5, 5.41) is 3.52.